The summed E-state index contributed by atoms with van der Waals surface area (Å²) in [5, 5.41) is 9.79. The lowest BCUT2D eigenvalue weighted by Gasteiger charge is -2.27. The zero-order chi connectivity index (χ0) is 28.8. The van der Waals surface area contributed by atoms with Gasteiger partial charge in [-0.15, -0.1) is 0 Å². The van der Waals surface area contributed by atoms with E-state index in [2.05, 4.69) is 71.0 Å². The number of rotatable bonds is 10. The zero-order valence-corrected chi connectivity index (χ0v) is 25.0. The number of carbonyl (C=O) groups excluding carboxylic acids is 1. The third-order valence-corrected chi connectivity index (χ3v) is 6.95. The Morgan fingerprint density at radius 1 is 0.718 bits per heavy atom. The number of ether oxygens (including phenoxy) is 2. The number of aromatic hydroxyl groups is 1. The van der Waals surface area contributed by atoms with Crippen molar-refractivity contribution >= 4 is 5.97 Å². The molecule has 0 aromatic heterocycles. The molecule has 0 aliphatic heterocycles. The van der Waals surface area contributed by atoms with Gasteiger partial charge in [0.25, 0.3) is 0 Å². The van der Waals surface area contributed by atoms with Crippen molar-refractivity contribution in [1.29, 1.82) is 0 Å². The maximum Gasteiger partial charge on any atom is 0.338 e. The van der Waals surface area contributed by atoms with Gasteiger partial charge in [-0.3, -0.25) is 0 Å². The summed E-state index contributed by atoms with van der Waals surface area (Å²) in [5.41, 5.74) is 3.55. The maximum atomic E-state index is 12.6. The number of phenolic OH excluding ortho intramolecular Hbond substituents is 1. The van der Waals surface area contributed by atoms with Crippen molar-refractivity contribution in [3.8, 4) is 11.5 Å². The molecule has 0 saturated carbocycles. The number of hydrogen-bond acceptors (Lipinski definition) is 4. The first-order valence-electron chi connectivity index (χ1n) is 14.2. The molecule has 4 nitrogen and oxygen atoms in total. The number of carbonyl (C=O) groups is 1. The van der Waals surface area contributed by atoms with Gasteiger partial charge in [-0.2, -0.15) is 0 Å². The number of esters is 1. The monoisotopic (exact) mass is 530 g/mol. The van der Waals surface area contributed by atoms with E-state index in [4.69, 9.17) is 9.47 Å². The lowest BCUT2D eigenvalue weighted by molar-refractivity contribution is 0.00694. The van der Waals surface area contributed by atoms with E-state index in [1.807, 2.05) is 45.0 Å². The van der Waals surface area contributed by atoms with Crippen molar-refractivity contribution in [2.24, 2.45) is 0 Å². The van der Waals surface area contributed by atoms with Crippen LogP contribution in [0.3, 0.4) is 0 Å². The van der Waals surface area contributed by atoms with Gasteiger partial charge in [0.2, 0.25) is 0 Å². The van der Waals surface area contributed by atoms with Crippen molar-refractivity contribution in [2.45, 2.75) is 104 Å². The predicted molar refractivity (Wildman–Crippen MR) is 160 cm³/mol. The number of phenols is 1. The molecule has 3 aromatic rings. The Kier molecular flexibility index (Phi) is 9.88. The van der Waals surface area contributed by atoms with Gasteiger partial charge in [-0.1, -0.05) is 50.2 Å². The Morgan fingerprint density at radius 3 is 1.74 bits per heavy atom. The lowest BCUT2D eigenvalue weighted by Crippen LogP contribution is -2.23. The molecule has 210 valence electrons. The van der Waals surface area contributed by atoms with Crippen LogP contribution in [0.1, 0.15) is 119 Å². The molecule has 3 unspecified atom stereocenters. The molecule has 3 aromatic carbocycles. The Hall–Kier alpha value is -3.27. The number of hydrogen-bond donors (Lipinski definition) is 1. The summed E-state index contributed by atoms with van der Waals surface area (Å²) < 4.78 is 11.6. The van der Waals surface area contributed by atoms with Crippen LogP contribution in [-0.2, 0) is 4.74 Å². The summed E-state index contributed by atoms with van der Waals surface area (Å²) in [6, 6.07) is 24.0. The molecule has 0 aliphatic carbocycles. The molecule has 0 saturated heterocycles. The van der Waals surface area contributed by atoms with Gasteiger partial charge in [0.1, 0.15) is 22.7 Å². The molecule has 0 aliphatic rings. The fourth-order valence-corrected chi connectivity index (χ4v) is 5.01. The molecule has 3 rings (SSSR count). The molecule has 3 atom stereocenters. The third-order valence-electron chi connectivity index (χ3n) is 6.95. The third kappa shape index (κ3) is 9.45. The van der Waals surface area contributed by atoms with Gasteiger partial charge < -0.3 is 14.6 Å². The van der Waals surface area contributed by atoms with Crippen LogP contribution in [-0.4, -0.2) is 22.3 Å². The van der Waals surface area contributed by atoms with Crippen molar-refractivity contribution in [2.75, 3.05) is 0 Å². The van der Waals surface area contributed by atoms with Crippen LogP contribution < -0.4 is 4.74 Å². The molecular weight excluding hydrogens is 484 g/mol. The zero-order valence-electron chi connectivity index (χ0n) is 25.0. The minimum absolute atomic E-state index is 0.229. The highest BCUT2D eigenvalue weighted by molar-refractivity contribution is 5.89. The maximum absolute atomic E-state index is 12.6. The van der Waals surface area contributed by atoms with E-state index in [1.165, 1.54) is 16.7 Å². The molecule has 0 amide bonds. The van der Waals surface area contributed by atoms with Crippen LogP contribution in [0, 0.1) is 0 Å². The van der Waals surface area contributed by atoms with Gasteiger partial charge in [0.05, 0.1) is 5.56 Å². The van der Waals surface area contributed by atoms with Crippen molar-refractivity contribution in [1.82, 2.24) is 0 Å². The topological polar surface area (TPSA) is 55.8 Å². The molecule has 1 N–H and O–H groups in total. The van der Waals surface area contributed by atoms with E-state index in [9.17, 15) is 9.90 Å². The standard InChI is InChI=1S/C35H46O4/c1-9-25(27-14-18-31(36)19-15-27)23-30(28-10-12-29(13-11-28)33(37)39-35(6,7)8)22-24(2)26-16-20-32(21-17-26)38-34(3,4)5/h10-21,24-25,30,36H,9,22-23H2,1-8H3. The Balaban J connectivity index is 1.85. The van der Waals surface area contributed by atoms with Crippen molar-refractivity contribution in [3.05, 3.63) is 95.1 Å². The summed E-state index contributed by atoms with van der Waals surface area (Å²) in [6.07, 6.45) is 2.95. The normalized spacial score (nSPS) is 14.4. The predicted octanol–water partition coefficient (Wildman–Crippen LogP) is 9.39. The van der Waals surface area contributed by atoms with Gasteiger partial charge in [0.15, 0.2) is 0 Å². The number of benzene rings is 3. The largest absolute Gasteiger partial charge is 0.508 e. The van der Waals surface area contributed by atoms with E-state index in [1.54, 1.807) is 12.1 Å². The van der Waals surface area contributed by atoms with Crippen LogP contribution in [0.25, 0.3) is 0 Å². The van der Waals surface area contributed by atoms with Gasteiger partial charge in [-0.05, 0) is 132 Å². The molecule has 0 heterocycles. The fourth-order valence-electron chi connectivity index (χ4n) is 5.01. The average Bonchev–Trinajstić information content (AvgIpc) is 2.85. The van der Waals surface area contributed by atoms with Crippen LogP contribution in [0.2, 0.25) is 0 Å². The first-order chi connectivity index (χ1) is 18.2. The van der Waals surface area contributed by atoms with E-state index in [-0.39, 0.29) is 23.2 Å². The van der Waals surface area contributed by atoms with E-state index in [0.717, 1.165) is 25.0 Å². The second-order valence-corrected chi connectivity index (χ2v) is 12.7. The molecule has 0 radical (unpaired) electrons. The lowest BCUT2D eigenvalue weighted by atomic mass is 9.78. The highest BCUT2D eigenvalue weighted by Gasteiger charge is 2.23. The average molecular weight is 531 g/mol. The van der Waals surface area contributed by atoms with Gasteiger partial charge in [-0.25, -0.2) is 4.79 Å². The summed E-state index contributed by atoms with van der Waals surface area (Å²) in [7, 11) is 0. The molecule has 0 fully saturated rings. The molecule has 0 bridgehead atoms. The summed E-state index contributed by atoms with van der Waals surface area (Å²) >= 11 is 0. The Bertz CT molecular complexity index is 1180. The van der Waals surface area contributed by atoms with Crippen LogP contribution >= 0.6 is 0 Å². The SMILES string of the molecule is CCC(CC(CC(C)c1ccc(OC(C)(C)C)cc1)c1ccc(C(=O)OC(C)(C)C)cc1)c1ccc(O)cc1. The Labute approximate surface area is 235 Å². The summed E-state index contributed by atoms with van der Waals surface area (Å²) in [5.74, 6) is 1.85. The van der Waals surface area contributed by atoms with E-state index < -0.39 is 5.60 Å². The van der Waals surface area contributed by atoms with Crippen LogP contribution in [0.4, 0.5) is 0 Å². The first-order valence-corrected chi connectivity index (χ1v) is 14.2. The molecule has 4 heteroatoms. The molecular formula is C35H46O4. The first kappa shape index (κ1) is 30.3. The Morgan fingerprint density at radius 2 is 1.23 bits per heavy atom. The highest BCUT2D eigenvalue weighted by atomic mass is 16.6. The second kappa shape index (κ2) is 12.7. The van der Waals surface area contributed by atoms with E-state index in [0.29, 0.717) is 17.4 Å². The van der Waals surface area contributed by atoms with Crippen LogP contribution in [0.15, 0.2) is 72.8 Å². The highest BCUT2D eigenvalue weighted by Crippen LogP contribution is 2.39. The minimum Gasteiger partial charge on any atom is -0.508 e. The van der Waals surface area contributed by atoms with E-state index >= 15 is 0 Å². The van der Waals surface area contributed by atoms with Crippen LogP contribution in [0.5, 0.6) is 11.5 Å². The van der Waals surface area contributed by atoms with Gasteiger partial charge >= 0.3 is 5.97 Å². The quantitative estimate of drug-likeness (QED) is 0.265. The minimum atomic E-state index is -0.528. The second-order valence-electron chi connectivity index (χ2n) is 12.7. The summed E-state index contributed by atoms with van der Waals surface area (Å²) in [6.45, 7) is 16.3. The molecule has 0 spiro atoms. The van der Waals surface area contributed by atoms with Crippen molar-refractivity contribution < 1.29 is 19.4 Å². The summed E-state index contributed by atoms with van der Waals surface area (Å²) in [4.78, 5) is 12.6. The van der Waals surface area contributed by atoms with Crippen molar-refractivity contribution in [3.63, 3.8) is 0 Å². The van der Waals surface area contributed by atoms with Gasteiger partial charge in [0, 0.05) is 0 Å². The fraction of sp³-hybridized carbons (Fsp3) is 0.457. The smallest absolute Gasteiger partial charge is 0.338 e. The molecule has 39 heavy (non-hydrogen) atoms.